The van der Waals surface area contributed by atoms with Crippen molar-refractivity contribution in [1.82, 2.24) is 15.5 Å². The van der Waals surface area contributed by atoms with Crippen LogP contribution < -0.4 is 5.32 Å². The van der Waals surface area contributed by atoms with Gasteiger partial charge in [-0.25, -0.2) is 4.79 Å². The molecule has 1 aromatic carbocycles. The first-order valence-corrected chi connectivity index (χ1v) is 7.70. The van der Waals surface area contributed by atoms with Crippen molar-refractivity contribution in [3.05, 3.63) is 35.7 Å². The van der Waals surface area contributed by atoms with Gasteiger partial charge in [-0.15, -0.1) is 0 Å². The Balaban J connectivity index is 2.09. The van der Waals surface area contributed by atoms with Gasteiger partial charge in [0.2, 0.25) is 0 Å². The van der Waals surface area contributed by atoms with E-state index in [-0.39, 0.29) is 11.8 Å². The van der Waals surface area contributed by atoms with Gasteiger partial charge in [0.05, 0.1) is 7.11 Å². The fourth-order valence-corrected chi connectivity index (χ4v) is 2.25. The van der Waals surface area contributed by atoms with Crippen LogP contribution in [-0.4, -0.2) is 35.2 Å². The Labute approximate surface area is 140 Å². The van der Waals surface area contributed by atoms with E-state index in [4.69, 9.17) is 9.26 Å². The molecule has 1 amide bonds. The maximum atomic E-state index is 12.3. The SMILES string of the molecule is COC(=O)C(CC(C)C)NC(=O)c1ccc(-c2nc(C)no2)cc1. The molecule has 0 fully saturated rings. The molecule has 1 unspecified atom stereocenters. The first-order valence-electron chi connectivity index (χ1n) is 7.70. The van der Waals surface area contributed by atoms with E-state index in [1.54, 1.807) is 31.2 Å². The third-order valence-corrected chi connectivity index (χ3v) is 3.42. The maximum Gasteiger partial charge on any atom is 0.328 e. The molecule has 128 valence electrons. The molecule has 1 aromatic heterocycles. The molecule has 2 rings (SSSR count). The average Bonchev–Trinajstić information content (AvgIpc) is 2.99. The number of carbonyl (C=O) groups excluding carboxylic acids is 2. The van der Waals surface area contributed by atoms with Crippen molar-refractivity contribution in [2.24, 2.45) is 5.92 Å². The van der Waals surface area contributed by atoms with Gasteiger partial charge in [0.25, 0.3) is 11.8 Å². The number of amides is 1. The first kappa shape index (κ1) is 17.7. The highest BCUT2D eigenvalue weighted by Crippen LogP contribution is 2.18. The second-order valence-electron chi connectivity index (χ2n) is 5.90. The quantitative estimate of drug-likeness (QED) is 0.817. The lowest BCUT2D eigenvalue weighted by atomic mass is 10.0. The van der Waals surface area contributed by atoms with Gasteiger partial charge in [-0.3, -0.25) is 4.79 Å². The average molecular weight is 331 g/mol. The van der Waals surface area contributed by atoms with Crippen LogP contribution in [0.1, 0.15) is 36.5 Å². The van der Waals surface area contributed by atoms with Crippen LogP contribution in [-0.2, 0) is 9.53 Å². The van der Waals surface area contributed by atoms with Crippen LogP contribution in [0.3, 0.4) is 0 Å². The highest BCUT2D eigenvalue weighted by Gasteiger charge is 2.23. The van der Waals surface area contributed by atoms with Crippen LogP contribution in [0.2, 0.25) is 0 Å². The van der Waals surface area contributed by atoms with Gasteiger partial charge in [0.15, 0.2) is 5.82 Å². The molecule has 24 heavy (non-hydrogen) atoms. The zero-order valence-electron chi connectivity index (χ0n) is 14.2. The van der Waals surface area contributed by atoms with Crippen molar-refractivity contribution in [2.45, 2.75) is 33.2 Å². The third kappa shape index (κ3) is 4.41. The summed E-state index contributed by atoms with van der Waals surface area (Å²) in [5, 5.41) is 6.44. The summed E-state index contributed by atoms with van der Waals surface area (Å²) in [5.41, 5.74) is 1.16. The van der Waals surface area contributed by atoms with Crippen molar-refractivity contribution >= 4 is 11.9 Å². The number of nitrogens with zero attached hydrogens (tertiary/aromatic N) is 2. The minimum absolute atomic E-state index is 0.248. The lowest BCUT2D eigenvalue weighted by molar-refractivity contribution is -0.143. The largest absolute Gasteiger partial charge is 0.467 e. The topological polar surface area (TPSA) is 94.3 Å². The Morgan fingerprint density at radius 1 is 1.25 bits per heavy atom. The Morgan fingerprint density at radius 2 is 1.92 bits per heavy atom. The molecule has 0 aliphatic rings. The van der Waals surface area contributed by atoms with Gasteiger partial charge in [-0.05, 0) is 43.5 Å². The van der Waals surface area contributed by atoms with E-state index in [1.807, 2.05) is 13.8 Å². The van der Waals surface area contributed by atoms with Crippen molar-refractivity contribution in [1.29, 1.82) is 0 Å². The van der Waals surface area contributed by atoms with Crippen LogP contribution in [0.15, 0.2) is 28.8 Å². The second kappa shape index (κ2) is 7.72. The molecule has 0 radical (unpaired) electrons. The zero-order chi connectivity index (χ0) is 17.7. The summed E-state index contributed by atoms with van der Waals surface area (Å²) < 4.78 is 9.83. The predicted molar refractivity (Wildman–Crippen MR) is 87.2 cm³/mol. The number of hydrogen-bond acceptors (Lipinski definition) is 6. The number of nitrogens with one attached hydrogen (secondary N) is 1. The number of esters is 1. The number of benzene rings is 1. The molecule has 1 atom stereocenters. The number of hydrogen-bond donors (Lipinski definition) is 1. The Kier molecular flexibility index (Phi) is 5.68. The van der Waals surface area contributed by atoms with Gasteiger partial charge >= 0.3 is 5.97 Å². The van der Waals surface area contributed by atoms with E-state index in [1.165, 1.54) is 7.11 Å². The minimum Gasteiger partial charge on any atom is -0.467 e. The monoisotopic (exact) mass is 331 g/mol. The molecule has 2 aromatic rings. The van der Waals surface area contributed by atoms with E-state index in [0.717, 1.165) is 5.56 Å². The number of ether oxygens (including phenoxy) is 1. The van der Waals surface area contributed by atoms with Crippen LogP contribution in [0.5, 0.6) is 0 Å². The van der Waals surface area contributed by atoms with E-state index >= 15 is 0 Å². The second-order valence-corrected chi connectivity index (χ2v) is 5.90. The standard InChI is InChI=1S/C17H21N3O4/c1-10(2)9-14(17(22)23-4)19-15(21)12-5-7-13(8-6-12)16-18-11(3)20-24-16/h5-8,10,14H,9H2,1-4H3,(H,19,21). The van der Waals surface area contributed by atoms with E-state index in [2.05, 4.69) is 15.5 Å². The summed E-state index contributed by atoms with van der Waals surface area (Å²) in [6.45, 7) is 5.68. The molecule has 0 spiro atoms. The molecule has 0 saturated heterocycles. The van der Waals surface area contributed by atoms with Gasteiger partial charge in [-0.2, -0.15) is 4.98 Å². The highest BCUT2D eigenvalue weighted by molar-refractivity contribution is 5.97. The van der Waals surface area contributed by atoms with Gasteiger partial charge in [-0.1, -0.05) is 19.0 Å². The number of methoxy groups -OCH3 is 1. The summed E-state index contributed by atoms with van der Waals surface area (Å²) in [5.74, 6) is 0.403. The van der Waals surface area contributed by atoms with Crippen LogP contribution in [0, 0.1) is 12.8 Å². The van der Waals surface area contributed by atoms with E-state index in [0.29, 0.717) is 23.7 Å². The van der Waals surface area contributed by atoms with Crippen LogP contribution in [0.4, 0.5) is 0 Å². The summed E-state index contributed by atoms with van der Waals surface area (Å²) in [6.07, 6.45) is 0.512. The minimum atomic E-state index is -0.666. The lowest BCUT2D eigenvalue weighted by Gasteiger charge is -2.18. The predicted octanol–water partition coefficient (Wildman–Crippen LogP) is 2.36. The smallest absolute Gasteiger partial charge is 0.328 e. The molecule has 0 aliphatic heterocycles. The zero-order valence-corrected chi connectivity index (χ0v) is 14.2. The molecule has 1 N–H and O–H groups in total. The molecular weight excluding hydrogens is 310 g/mol. The van der Waals surface area contributed by atoms with Crippen molar-refractivity contribution in [3.63, 3.8) is 0 Å². The summed E-state index contributed by atoms with van der Waals surface area (Å²) in [4.78, 5) is 28.3. The van der Waals surface area contributed by atoms with E-state index < -0.39 is 12.0 Å². The molecular formula is C17H21N3O4. The molecule has 0 aliphatic carbocycles. The Morgan fingerprint density at radius 3 is 2.42 bits per heavy atom. The molecule has 0 saturated carbocycles. The summed E-state index contributed by atoms with van der Waals surface area (Å²) in [6, 6.07) is 6.07. The van der Waals surface area contributed by atoms with Crippen molar-refractivity contribution in [2.75, 3.05) is 7.11 Å². The number of aryl methyl sites for hydroxylation is 1. The summed E-state index contributed by atoms with van der Waals surface area (Å²) in [7, 11) is 1.31. The molecule has 7 nitrogen and oxygen atoms in total. The van der Waals surface area contributed by atoms with Gasteiger partial charge in [0, 0.05) is 11.1 Å². The summed E-state index contributed by atoms with van der Waals surface area (Å²) >= 11 is 0. The number of aromatic nitrogens is 2. The van der Waals surface area contributed by atoms with Gasteiger partial charge < -0.3 is 14.6 Å². The van der Waals surface area contributed by atoms with Gasteiger partial charge in [0.1, 0.15) is 6.04 Å². The number of carbonyl (C=O) groups is 2. The number of rotatable bonds is 6. The molecule has 7 heteroatoms. The Bertz CT molecular complexity index is 707. The fraction of sp³-hybridized carbons (Fsp3) is 0.412. The normalized spacial score (nSPS) is 12.0. The van der Waals surface area contributed by atoms with Crippen molar-refractivity contribution < 1.29 is 18.8 Å². The van der Waals surface area contributed by atoms with E-state index in [9.17, 15) is 9.59 Å². The lowest BCUT2D eigenvalue weighted by Crippen LogP contribution is -2.42. The maximum absolute atomic E-state index is 12.3. The van der Waals surface area contributed by atoms with Crippen LogP contribution in [0.25, 0.3) is 11.5 Å². The Hall–Kier alpha value is -2.70. The van der Waals surface area contributed by atoms with Crippen LogP contribution >= 0.6 is 0 Å². The molecule has 1 heterocycles. The fourth-order valence-electron chi connectivity index (χ4n) is 2.25. The highest BCUT2D eigenvalue weighted by atomic mass is 16.5. The third-order valence-electron chi connectivity index (χ3n) is 3.42. The first-order chi connectivity index (χ1) is 11.4. The van der Waals surface area contributed by atoms with Crippen molar-refractivity contribution in [3.8, 4) is 11.5 Å². The molecule has 0 bridgehead atoms.